The van der Waals surface area contributed by atoms with Gasteiger partial charge in [0, 0.05) is 24.7 Å². The van der Waals surface area contributed by atoms with Gasteiger partial charge in [-0.1, -0.05) is 36.7 Å². The number of methoxy groups -OCH3 is 1. The maximum Gasteiger partial charge on any atom is 0.317 e. The Morgan fingerprint density at radius 3 is 2.78 bits per heavy atom. The van der Waals surface area contributed by atoms with Gasteiger partial charge in [-0.05, 0) is 30.4 Å². The summed E-state index contributed by atoms with van der Waals surface area (Å²) in [5.41, 5.74) is 1.02. The number of carbonyl (C=O) groups is 2. The first-order valence-electron chi connectivity index (χ1n) is 7.87. The average Bonchev–Trinajstić information content (AvgIpc) is 2.55. The van der Waals surface area contributed by atoms with Crippen LogP contribution in [0.3, 0.4) is 0 Å². The van der Waals surface area contributed by atoms with E-state index in [0.29, 0.717) is 37.5 Å². The number of esters is 1. The summed E-state index contributed by atoms with van der Waals surface area (Å²) in [5.74, 6) is -0.200. The van der Waals surface area contributed by atoms with Crippen LogP contribution in [-0.2, 0) is 16.0 Å². The van der Waals surface area contributed by atoms with Gasteiger partial charge in [0.05, 0.1) is 13.0 Å². The first-order chi connectivity index (χ1) is 11.0. The Morgan fingerprint density at radius 2 is 2.13 bits per heavy atom. The van der Waals surface area contributed by atoms with Crippen molar-refractivity contribution < 1.29 is 14.3 Å². The van der Waals surface area contributed by atoms with Crippen LogP contribution in [0.1, 0.15) is 18.9 Å². The van der Waals surface area contributed by atoms with Crippen molar-refractivity contribution in [1.82, 2.24) is 10.2 Å². The summed E-state index contributed by atoms with van der Waals surface area (Å²) >= 11 is 6.10. The Bertz CT molecular complexity index is 565. The first-order valence-corrected chi connectivity index (χ1v) is 8.24. The Labute approximate surface area is 141 Å². The van der Waals surface area contributed by atoms with Crippen molar-refractivity contribution in [2.75, 3.05) is 26.7 Å². The number of likely N-dealkylation sites (tertiary alicyclic amines) is 1. The predicted octanol–water partition coefficient (Wildman–Crippen LogP) is 2.72. The molecule has 2 unspecified atom stereocenters. The molecular formula is C17H23ClN2O3. The zero-order chi connectivity index (χ0) is 16.8. The molecule has 0 radical (unpaired) electrons. The van der Waals surface area contributed by atoms with Gasteiger partial charge >= 0.3 is 12.0 Å². The van der Waals surface area contributed by atoms with E-state index in [1.165, 1.54) is 7.11 Å². The average molecular weight is 339 g/mol. The fraction of sp³-hybridized carbons (Fsp3) is 0.529. The van der Waals surface area contributed by atoms with E-state index >= 15 is 0 Å². The number of hydrogen-bond donors (Lipinski definition) is 1. The molecule has 0 aromatic heterocycles. The van der Waals surface area contributed by atoms with Crippen molar-refractivity contribution in [3.63, 3.8) is 0 Å². The van der Waals surface area contributed by atoms with Gasteiger partial charge < -0.3 is 15.0 Å². The van der Waals surface area contributed by atoms with Crippen LogP contribution in [0.15, 0.2) is 24.3 Å². The second-order valence-corrected chi connectivity index (χ2v) is 6.32. The summed E-state index contributed by atoms with van der Waals surface area (Å²) < 4.78 is 4.81. The lowest BCUT2D eigenvalue weighted by molar-refractivity contribution is -0.148. The molecule has 5 nitrogen and oxygen atoms in total. The van der Waals surface area contributed by atoms with Crippen molar-refractivity contribution in [2.45, 2.75) is 19.8 Å². The fourth-order valence-corrected chi connectivity index (χ4v) is 3.18. The number of hydrogen-bond acceptors (Lipinski definition) is 3. The Morgan fingerprint density at radius 1 is 1.39 bits per heavy atom. The van der Waals surface area contributed by atoms with Gasteiger partial charge in [-0.3, -0.25) is 4.79 Å². The zero-order valence-electron chi connectivity index (χ0n) is 13.5. The molecular weight excluding hydrogens is 316 g/mol. The van der Waals surface area contributed by atoms with Crippen molar-refractivity contribution in [2.24, 2.45) is 11.8 Å². The van der Waals surface area contributed by atoms with E-state index in [4.69, 9.17) is 16.3 Å². The normalized spacial score (nSPS) is 20.9. The first kappa shape index (κ1) is 17.6. The van der Waals surface area contributed by atoms with Gasteiger partial charge in [0.15, 0.2) is 0 Å². The van der Waals surface area contributed by atoms with E-state index in [9.17, 15) is 9.59 Å². The molecule has 1 aromatic rings. The lowest BCUT2D eigenvalue weighted by Gasteiger charge is -2.35. The largest absolute Gasteiger partial charge is 0.469 e. The molecule has 1 aromatic carbocycles. The standard InChI is InChI=1S/C17H23ClN2O3/c1-12-11-20(10-8-14(12)16(21)23-2)17(22)19-9-7-13-5-3-4-6-15(13)18/h3-6,12,14H,7-11H2,1-2H3,(H,19,22). The molecule has 2 amide bonds. The maximum atomic E-state index is 12.2. The highest BCUT2D eigenvalue weighted by atomic mass is 35.5. The lowest BCUT2D eigenvalue weighted by atomic mass is 9.87. The van der Waals surface area contributed by atoms with Crippen molar-refractivity contribution >= 4 is 23.6 Å². The second-order valence-electron chi connectivity index (χ2n) is 5.91. The number of nitrogens with zero attached hydrogens (tertiary/aromatic N) is 1. The third-order valence-corrected chi connectivity index (χ3v) is 4.69. The number of halogens is 1. The molecule has 0 aliphatic carbocycles. The quantitative estimate of drug-likeness (QED) is 0.859. The molecule has 0 spiro atoms. The summed E-state index contributed by atoms with van der Waals surface area (Å²) in [6.45, 7) is 3.65. The third-order valence-electron chi connectivity index (χ3n) is 4.32. The molecule has 1 aliphatic rings. The number of ether oxygens (including phenoxy) is 1. The molecule has 2 atom stereocenters. The van der Waals surface area contributed by atoms with Crippen LogP contribution in [0.25, 0.3) is 0 Å². The van der Waals surface area contributed by atoms with Crippen LogP contribution in [0.5, 0.6) is 0 Å². The van der Waals surface area contributed by atoms with Crippen LogP contribution >= 0.6 is 11.6 Å². The van der Waals surface area contributed by atoms with E-state index in [1.807, 2.05) is 31.2 Å². The van der Waals surface area contributed by atoms with Gasteiger partial charge in [0.25, 0.3) is 0 Å². The molecule has 1 saturated heterocycles. The minimum absolute atomic E-state index is 0.0905. The van der Waals surface area contributed by atoms with Crippen LogP contribution < -0.4 is 5.32 Å². The summed E-state index contributed by atoms with van der Waals surface area (Å²) in [7, 11) is 1.41. The van der Waals surface area contributed by atoms with E-state index in [1.54, 1.807) is 4.90 Å². The van der Waals surface area contributed by atoms with Gasteiger partial charge in [0.1, 0.15) is 0 Å². The molecule has 1 N–H and O–H groups in total. The lowest BCUT2D eigenvalue weighted by Crippen LogP contribution is -2.49. The summed E-state index contributed by atoms with van der Waals surface area (Å²) in [5, 5.41) is 3.64. The Kier molecular flexibility index (Phi) is 6.28. The summed E-state index contributed by atoms with van der Waals surface area (Å²) in [6.07, 6.45) is 1.34. The minimum Gasteiger partial charge on any atom is -0.469 e. The van der Waals surface area contributed by atoms with Gasteiger partial charge in [-0.2, -0.15) is 0 Å². The summed E-state index contributed by atoms with van der Waals surface area (Å²) in [6, 6.07) is 7.53. The topological polar surface area (TPSA) is 58.6 Å². The van der Waals surface area contributed by atoms with Gasteiger partial charge in [-0.15, -0.1) is 0 Å². The number of piperidine rings is 1. The smallest absolute Gasteiger partial charge is 0.317 e. The molecule has 0 bridgehead atoms. The van der Waals surface area contributed by atoms with Crippen LogP contribution in [0, 0.1) is 11.8 Å². The predicted molar refractivity (Wildman–Crippen MR) is 89.4 cm³/mol. The molecule has 2 rings (SSSR count). The van der Waals surface area contributed by atoms with Crippen molar-refractivity contribution in [3.05, 3.63) is 34.9 Å². The van der Waals surface area contributed by atoms with E-state index in [2.05, 4.69) is 5.32 Å². The maximum absolute atomic E-state index is 12.2. The summed E-state index contributed by atoms with van der Waals surface area (Å²) in [4.78, 5) is 25.7. The number of amides is 2. The van der Waals surface area contributed by atoms with Crippen molar-refractivity contribution in [3.8, 4) is 0 Å². The molecule has 23 heavy (non-hydrogen) atoms. The zero-order valence-corrected chi connectivity index (χ0v) is 14.3. The number of benzene rings is 1. The van der Waals surface area contributed by atoms with E-state index < -0.39 is 0 Å². The van der Waals surface area contributed by atoms with Crippen molar-refractivity contribution in [1.29, 1.82) is 0 Å². The van der Waals surface area contributed by atoms with E-state index in [0.717, 1.165) is 5.56 Å². The molecule has 0 saturated carbocycles. The SMILES string of the molecule is COC(=O)C1CCN(C(=O)NCCc2ccccc2Cl)CC1C. The minimum atomic E-state index is -0.184. The van der Waals surface area contributed by atoms with Crippen LogP contribution in [0.2, 0.25) is 5.02 Å². The highest BCUT2D eigenvalue weighted by Crippen LogP contribution is 2.24. The van der Waals surface area contributed by atoms with Gasteiger partial charge in [-0.25, -0.2) is 4.79 Å². The second kappa shape index (κ2) is 8.20. The Balaban J connectivity index is 1.79. The third kappa shape index (κ3) is 4.61. The molecule has 1 fully saturated rings. The number of urea groups is 1. The monoisotopic (exact) mass is 338 g/mol. The van der Waals surface area contributed by atoms with Gasteiger partial charge in [0.2, 0.25) is 0 Å². The highest BCUT2D eigenvalue weighted by molar-refractivity contribution is 6.31. The molecule has 1 aliphatic heterocycles. The fourth-order valence-electron chi connectivity index (χ4n) is 2.95. The van der Waals surface area contributed by atoms with Crippen LogP contribution in [0.4, 0.5) is 4.79 Å². The molecule has 1 heterocycles. The van der Waals surface area contributed by atoms with E-state index in [-0.39, 0.29) is 23.8 Å². The number of carbonyl (C=O) groups excluding carboxylic acids is 2. The van der Waals surface area contributed by atoms with Crippen LogP contribution in [-0.4, -0.2) is 43.6 Å². The Hall–Kier alpha value is -1.75. The molecule has 6 heteroatoms. The number of nitrogens with one attached hydrogen (secondary N) is 1. The number of rotatable bonds is 4. The molecule has 126 valence electrons. The highest BCUT2D eigenvalue weighted by Gasteiger charge is 2.33.